The number of carbonyl (C=O) groups is 2. The van der Waals surface area contributed by atoms with Crippen LogP contribution in [0.15, 0.2) is 45.7 Å². The maximum Gasteiger partial charge on any atom is 0.243 e. The maximum atomic E-state index is 13.1. The first kappa shape index (κ1) is 17.9. The average Bonchev–Trinajstić information content (AvgIpc) is 3.62. The molecule has 1 aliphatic heterocycles. The third-order valence-corrected chi connectivity index (χ3v) is 6.94. The molecule has 146 valence electrons. The Morgan fingerprint density at radius 1 is 1.25 bits per heavy atom. The number of benzene rings is 1. The molecule has 5 nitrogen and oxygen atoms in total. The zero-order valence-corrected chi connectivity index (χ0v) is 16.8. The largest absolute Gasteiger partial charge is 0.464 e. The third kappa shape index (κ3) is 3.46. The third-order valence-electron chi connectivity index (χ3n) is 5.89. The predicted molar refractivity (Wildman–Crippen MR) is 108 cm³/mol. The molecule has 2 heterocycles. The number of thioether (sulfide) groups is 1. The van der Waals surface area contributed by atoms with E-state index in [0.29, 0.717) is 24.1 Å². The summed E-state index contributed by atoms with van der Waals surface area (Å²) >= 11 is 1.54. The van der Waals surface area contributed by atoms with Crippen LogP contribution in [0.4, 0.5) is 5.69 Å². The first-order chi connectivity index (χ1) is 13.6. The summed E-state index contributed by atoms with van der Waals surface area (Å²) in [5, 5.41) is 0. The molecule has 2 amide bonds. The van der Waals surface area contributed by atoms with Crippen molar-refractivity contribution in [3.05, 3.63) is 47.9 Å². The molecule has 2 aromatic rings. The van der Waals surface area contributed by atoms with Crippen molar-refractivity contribution >= 4 is 29.3 Å². The maximum absolute atomic E-state index is 13.1. The summed E-state index contributed by atoms with van der Waals surface area (Å²) in [6.45, 7) is 2.82. The standard InChI is InChI=1S/C22H24N2O3S/c1-14-10-17(14)19-9-8-16(27-19)11-23(15-6-7-15)21(25)12-24-18-4-2-3-5-20(18)28-13-22(24)26/h2-5,8-9,14-15,17H,6-7,10-13H2,1H3. The first-order valence-corrected chi connectivity index (χ1v) is 11.0. The van der Waals surface area contributed by atoms with Gasteiger partial charge in [-0.25, -0.2) is 0 Å². The van der Waals surface area contributed by atoms with Crippen LogP contribution in [0.3, 0.4) is 0 Å². The van der Waals surface area contributed by atoms with Crippen molar-refractivity contribution in [1.29, 1.82) is 0 Å². The van der Waals surface area contributed by atoms with E-state index in [-0.39, 0.29) is 24.4 Å². The summed E-state index contributed by atoms with van der Waals surface area (Å²) in [4.78, 5) is 30.2. The molecule has 0 radical (unpaired) electrons. The van der Waals surface area contributed by atoms with Gasteiger partial charge < -0.3 is 14.2 Å². The Morgan fingerprint density at radius 2 is 2.04 bits per heavy atom. The van der Waals surface area contributed by atoms with Crippen LogP contribution in [0.2, 0.25) is 0 Å². The van der Waals surface area contributed by atoms with E-state index in [2.05, 4.69) is 13.0 Å². The molecule has 6 heteroatoms. The lowest BCUT2D eigenvalue weighted by atomic mass is 10.2. The van der Waals surface area contributed by atoms with Gasteiger partial charge in [-0.05, 0) is 49.4 Å². The zero-order chi connectivity index (χ0) is 19.3. The normalized spacial score (nSPS) is 23.5. The minimum atomic E-state index is -0.00436. The van der Waals surface area contributed by atoms with Gasteiger partial charge in [0.15, 0.2) is 0 Å². The van der Waals surface area contributed by atoms with Gasteiger partial charge in [-0.15, -0.1) is 11.8 Å². The highest BCUT2D eigenvalue weighted by atomic mass is 32.2. The molecule has 0 saturated heterocycles. The van der Waals surface area contributed by atoms with Crippen LogP contribution in [0.25, 0.3) is 0 Å². The number of rotatable bonds is 6. The Balaban J connectivity index is 1.31. The molecule has 1 aromatic carbocycles. The summed E-state index contributed by atoms with van der Waals surface area (Å²) in [6.07, 6.45) is 3.24. The summed E-state index contributed by atoms with van der Waals surface area (Å²) < 4.78 is 6.03. The van der Waals surface area contributed by atoms with Crippen molar-refractivity contribution in [1.82, 2.24) is 4.90 Å². The van der Waals surface area contributed by atoms with E-state index in [9.17, 15) is 9.59 Å². The summed E-state index contributed by atoms with van der Waals surface area (Å²) in [7, 11) is 0. The minimum absolute atomic E-state index is 0.00389. The van der Waals surface area contributed by atoms with Gasteiger partial charge in [0.05, 0.1) is 18.0 Å². The number of fused-ring (bicyclic) bond motifs is 1. The lowest BCUT2D eigenvalue weighted by Crippen LogP contribution is -2.45. The van der Waals surface area contributed by atoms with Gasteiger partial charge in [0, 0.05) is 16.9 Å². The van der Waals surface area contributed by atoms with Crippen LogP contribution in [0.1, 0.15) is 43.6 Å². The van der Waals surface area contributed by atoms with E-state index in [1.165, 1.54) is 18.2 Å². The topological polar surface area (TPSA) is 53.8 Å². The molecular weight excluding hydrogens is 372 g/mol. The van der Waals surface area contributed by atoms with Gasteiger partial charge in [-0.2, -0.15) is 0 Å². The fourth-order valence-corrected chi connectivity index (χ4v) is 4.86. The van der Waals surface area contributed by atoms with Gasteiger partial charge in [0.1, 0.15) is 18.1 Å². The fourth-order valence-electron chi connectivity index (χ4n) is 3.93. The van der Waals surface area contributed by atoms with E-state index in [0.717, 1.165) is 34.9 Å². The van der Waals surface area contributed by atoms with Crippen LogP contribution < -0.4 is 4.90 Å². The van der Waals surface area contributed by atoms with Crippen molar-refractivity contribution in [2.24, 2.45) is 5.92 Å². The van der Waals surface area contributed by atoms with Gasteiger partial charge in [-0.1, -0.05) is 19.1 Å². The van der Waals surface area contributed by atoms with Crippen LogP contribution in [-0.2, 0) is 16.1 Å². The van der Waals surface area contributed by atoms with Gasteiger partial charge in [-0.3, -0.25) is 9.59 Å². The predicted octanol–water partition coefficient (Wildman–Crippen LogP) is 4.03. The van der Waals surface area contributed by atoms with Crippen LogP contribution in [-0.4, -0.2) is 35.1 Å². The molecule has 2 saturated carbocycles. The van der Waals surface area contributed by atoms with Crippen molar-refractivity contribution < 1.29 is 14.0 Å². The van der Waals surface area contributed by atoms with Crippen LogP contribution in [0.5, 0.6) is 0 Å². The molecule has 0 bridgehead atoms. The number of hydrogen-bond donors (Lipinski definition) is 0. The van der Waals surface area contributed by atoms with Crippen molar-refractivity contribution in [3.8, 4) is 0 Å². The second-order valence-electron chi connectivity index (χ2n) is 8.11. The number of nitrogens with zero attached hydrogens (tertiary/aromatic N) is 2. The van der Waals surface area contributed by atoms with Gasteiger partial charge >= 0.3 is 0 Å². The molecule has 3 aliphatic rings. The summed E-state index contributed by atoms with van der Waals surface area (Å²) in [5.74, 6) is 3.50. The molecule has 2 atom stereocenters. The Hall–Kier alpha value is -2.21. The monoisotopic (exact) mass is 396 g/mol. The number of hydrogen-bond acceptors (Lipinski definition) is 4. The Kier molecular flexibility index (Phi) is 4.46. The second-order valence-corrected chi connectivity index (χ2v) is 9.13. The smallest absolute Gasteiger partial charge is 0.243 e. The summed E-state index contributed by atoms with van der Waals surface area (Å²) in [6, 6.07) is 12.1. The number of amides is 2. The fraction of sp³-hybridized carbons (Fsp3) is 0.455. The van der Waals surface area contributed by atoms with E-state index in [4.69, 9.17) is 4.42 Å². The average molecular weight is 397 g/mol. The SMILES string of the molecule is CC1CC1c1ccc(CN(C(=O)CN2C(=O)CSc3ccccc32)C2CC2)o1. The molecule has 2 aliphatic carbocycles. The quantitative estimate of drug-likeness (QED) is 0.740. The molecule has 0 N–H and O–H groups in total. The molecule has 0 spiro atoms. The molecule has 2 fully saturated rings. The number of carbonyl (C=O) groups excluding carboxylic acids is 2. The van der Waals surface area contributed by atoms with Gasteiger partial charge in [0.25, 0.3) is 0 Å². The Labute approximate surface area is 169 Å². The van der Waals surface area contributed by atoms with E-state index in [1.807, 2.05) is 35.2 Å². The molecule has 28 heavy (non-hydrogen) atoms. The lowest BCUT2D eigenvalue weighted by molar-refractivity contribution is -0.132. The number of anilines is 1. The number of furan rings is 1. The Bertz CT molecular complexity index is 920. The van der Waals surface area contributed by atoms with Crippen molar-refractivity contribution in [3.63, 3.8) is 0 Å². The Morgan fingerprint density at radius 3 is 2.79 bits per heavy atom. The van der Waals surface area contributed by atoms with Crippen molar-refractivity contribution in [2.45, 2.75) is 49.6 Å². The minimum Gasteiger partial charge on any atom is -0.464 e. The molecule has 5 rings (SSSR count). The highest BCUT2D eigenvalue weighted by Gasteiger charge is 2.38. The lowest BCUT2D eigenvalue weighted by Gasteiger charge is -2.31. The van der Waals surface area contributed by atoms with E-state index >= 15 is 0 Å². The molecular formula is C22H24N2O3S. The molecule has 2 unspecified atom stereocenters. The van der Waals surface area contributed by atoms with Gasteiger partial charge in [0.2, 0.25) is 11.8 Å². The first-order valence-electron chi connectivity index (χ1n) is 10.0. The zero-order valence-electron chi connectivity index (χ0n) is 16.0. The highest BCUT2D eigenvalue weighted by molar-refractivity contribution is 8.00. The van der Waals surface area contributed by atoms with E-state index in [1.54, 1.807) is 4.90 Å². The second kappa shape index (κ2) is 6.99. The van der Waals surface area contributed by atoms with Crippen LogP contribution >= 0.6 is 11.8 Å². The molecule has 1 aromatic heterocycles. The van der Waals surface area contributed by atoms with E-state index < -0.39 is 0 Å². The summed E-state index contributed by atoms with van der Waals surface area (Å²) in [5.41, 5.74) is 0.843. The van der Waals surface area contributed by atoms with Crippen molar-refractivity contribution in [2.75, 3.05) is 17.2 Å². The van der Waals surface area contributed by atoms with Crippen LogP contribution in [0, 0.1) is 5.92 Å². The highest BCUT2D eigenvalue weighted by Crippen LogP contribution is 2.47. The number of para-hydroxylation sites is 1.